The van der Waals surface area contributed by atoms with Gasteiger partial charge in [-0.3, -0.25) is 9.59 Å². The van der Waals surface area contributed by atoms with Crippen LogP contribution in [0.25, 0.3) is 22.3 Å². The number of aryl methyl sites for hydroxylation is 2. The molecule has 1 N–H and O–H groups in total. The second-order valence-electron chi connectivity index (χ2n) is 9.91. The van der Waals surface area contributed by atoms with Gasteiger partial charge in [-0.15, -0.1) is 0 Å². The summed E-state index contributed by atoms with van der Waals surface area (Å²) in [6, 6.07) is 8.58. The SMILES string of the molecule is Cc1cc(-c2[nH]c3ccc(C4CCN(C(=O)CN(C)C)CC4)cc3c2C(C)C)nn(C)c1=O. The van der Waals surface area contributed by atoms with Crippen LogP contribution >= 0.6 is 0 Å². The number of likely N-dealkylation sites (tertiary alicyclic amines) is 1. The molecular weight excluding hydrogens is 414 g/mol. The van der Waals surface area contributed by atoms with E-state index in [4.69, 9.17) is 0 Å². The van der Waals surface area contributed by atoms with Crippen molar-refractivity contribution in [3.05, 3.63) is 51.3 Å². The van der Waals surface area contributed by atoms with Crippen molar-refractivity contribution in [2.45, 2.75) is 45.4 Å². The fourth-order valence-corrected chi connectivity index (χ4v) is 5.00. The Hall–Kier alpha value is -2.93. The van der Waals surface area contributed by atoms with Gasteiger partial charge in [-0.2, -0.15) is 5.10 Å². The van der Waals surface area contributed by atoms with Crippen LogP contribution in [0, 0.1) is 6.92 Å². The van der Waals surface area contributed by atoms with Crippen LogP contribution in [0.3, 0.4) is 0 Å². The molecule has 1 fully saturated rings. The van der Waals surface area contributed by atoms with Crippen LogP contribution in [0.15, 0.2) is 29.1 Å². The molecule has 0 radical (unpaired) electrons. The van der Waals surface area contributed by atoms with Crippen molar-refractivity contribution in [3.8, 4) is 11.4 Å². The number of amides is 1. The van der Waals surface area contributed by atoms with Crippen molar-refractivity contribution in [1.82, 2.24) is 24.6 Å². The molecule has 7 heteroatoms. The highest BCUT2D eigenvalue weighted by Gasteiger charge is 2.25. The number of rotatable bonds is 5. The third-order valence-corrected chi connectivity index (χ3v) is 6.71. The lowest BCUT2D eigenvalue weighted by molar-refractivity contribution is -0.132. The van der Waals surface area contributed by atoms with Crippen molar-refractivity contribution in [2.75, 3.05) is 33.7 Å². The molecule has 3 aromatic rings. The second-order valence-corrected chi connectivity index (χ2v) is 9.91. The Morgan fingerprint density at radius 2 is 1.91 bits per heavy atom. The first-order valence-corrected chi connectivity index (χ1v) is 11.8. The summed E-state index contributed by atoms with van der Waals surface area (Å²) in [6.07, 6.45) is 1.97. The summed E-state index contributed by atoms with van der Waals surface area (Å²) in [5.74, 6) is 0.967. The van der Waals surface area contributed by atoms with Gasteiger partial charge in [0.2, 0.25) is 5.91 Å². The lowest BCUT2D eigenvalue weighted by Crippen LogP contribution is -2.42. The maximum Gasteiger partial charge on any atom is 0.269 e. The highest BCUT2D eigenvalue weighted by atomic mass is 16.2. The lowest BCUT2D eigenvalue weighted by atomic mass is 9.87. The molecule has 4 rings (SSSR count). The van der Waals surface area contributed by atoms with Gasteiger partial charge in [0.15, 0.2) is 0 Å². The standard InChI is InChI=1S/C26H35N5O2/c1-16(2)24-20-14-19(18-9-11-31(12-10-18)23(32)15-29(4)5)7-8-21(20)27-25(24)22-13-17(3)26(33)30(6)28-22/h7-8,13-14,16,18,27H,9-12,15H2,1-6H3. The molecule has 7 nitrogen and oxygen atoms in total. The molecule has 0 aliphatic carbocycles. The van der Waals surface area contributed by atoms with Gasteiger partial charge < -0.3 is 14.8 Å². The monoisotopic (exact) mass is 449 g/mol. The molecule has 33 heavy (non-hydrogen) atoms. The minimum Gasteiger partial charge on any atom is -0.353 e. The molecule has 0 spiro atoms. The van der Waals surface area contributed by atoms with E-state index in [0.717, 1.165) is 42.8 Å². The predicted octanol–water partition coefficient (Wildman–Crippen LogP) is 3.63. The van der Waals surface area contributed by atoms with Crippen LogP contribution in [0.4, 0.5) is 0 Å². The summed E-state index contributed by atoms with van der Waals surface area (Å²) < 4.78 is 1.41. The van der Waals surface area contributed by atoms with E-state index in [1.54, 1.807) is 7.05 Å². The predicted molar refractivity (Wildman–Crippen MR) is 133 cm³/mol. The van der Waals surface area contributed by atoms with Crippen LogP contribution < -0.4 is 5.56 Å². The molecule has 1 aliphatic heterocycles. The molecule has 176 valence electrons. The van der Waals surface area contributed by atoms with E-state index >= 15 is 0 Å². The lowest BCUT2D eigenvalue weighted by Gasteiger charge is -2.33. The number of carbonyl (C=O) groups is 1. The molecule has 2 aromatic heterocycles. The van der Waals surface area contributed by atoms with E-state index in [2.05, 4.69) is 42.1 Å². The third-order valence-electron chi connectivity index (χ3n) is 6.71. The first-order chi connectivity index (χ1) is 15.7. The number of fused-ring (bicyclic) bond motifs is 1. The number of piperidine rings is 1. The van der Waals surface area contributed by atoms with Gasteiger partial charge in [-0.25, -0.2) is 4.68 Å². The van der Waals surface area contributed by atoms with Gasteiger partial charge in [0.25, 0.3) is 5.56 Å². The molecule has 0 atom stereocenters. The average molecular weight is 450 g/mol. The number of nitrogens with zero attached hydrogens (tertiary/aromatic N) is 4. The van der Waals surface area contributed by atoms with Crippen LogP contribution in [0.2, 0.25) is 0 Å². The minimum atomic E-state index is -0.0707. The highest BCUT2D eigenvalue weighted by Crippen LogP contribution is 2.37. The van der Waals surface area contributed by atoms with E-state index in [0.29, 0.717) is 23.9 Å². The first kappa shape index (κ1) is 23.2. The Morgan fingerprint density at radius 3 is 2.52 bits per heavy atom. The molecule has 3 heterocycles. The van der Waals surface area contributed by atoms with Gasteiger partial charge in [0, 0.05) is 36.6 Å². The van der Waals surface area contributed by atoms with E-state index in [1.165, 1.54) is 21.2 Å². The number of aromatic nitrogens is 3. The fourth-order valence-electron chi connectivity index (χ4n) is 5.00. The molecule has 1 aromatic carbocycles. The Kier molecular flexibility index (Phi) is 6.43. The minimum absolute atomic E-state index is 0.0707. The second kappa shape index (κ2) is 9.14. The Balaban J connectivity index is 1.65. The van der Waals surface area contributed by atoms with Crippen LogP contribution in [0.1, 0.15) is 55.2 Å². The van der Waals surface area contributed by atoms with Gasteiger partial charge in [0.1, 0.15) is 5.69 Å². The van der Waals surface area contributed by atoms with Crippen LogP contribution in [-0.4, -0.2) is 64.2 Å². The number of likely N-dealkylation sites (N-methyl/N-ethyl adjacent to an activating group) is 1. The number of hydrogen-bond donors (Lipinski definition) is 1. The molecular formula is C26H35N5O2. The average Bonchev–Trinajstić information content (AvgIpc) is 3.16. The smallest absolute Gasteiger partial charge is 0.269 e. The third kappa shape index (κ3) is 4.60. The summed E-state index contributed by atoms with van der Waals surface area (Å²) in [5, 5.41) is 5.75. The normalized spacial score (nSPS) is 15.2. The van der Waals surface area contributed by atoms with E-state index in [1.807, 2.05) is 36.9 Å². The molecule has 0 saturated carbocycles. The van der Waals surface area contributed by atoms with E-state index in [-0.39, 0.29) is 11.5 Å². The van der Waals surface area contributed by atoms with Crippen molar-refractivity contribution in [2.24, 2.45) is 7.05 Å². The van der Waals surface area contributed by atoms with Crippen molar-refractivity contribution in [1.29, 1.82) is 0 Å². The summed E-state index contributed by atoms with van der Waals surface area (Å²) in [4.78, 5) is 32.0. The Labute approximate surface area is 195 Å². The number of benzene rings is 1. The largest absolute Gasteiger partial charge is 0.353 e. The Bertz CT molecular complexity index is 1200. The molecule has 1 amide bonds. The fraction of sp³-hybridized carbons (Fsp3) is 0.500. The van der Waals surface area contributed by atoms with Crippen molar-refractivity contribution in [3.63, 3.8) is 0 Å². The number of carbonyl (C=O) groups excluding carboxylic acids is 1. The molecule has 0 unspecified atom stereocenters. The topological polar surface area (TPSA) is 74.2 Å². The van der Waals surface area contributed by atoms with Crippen LogP contribution in [-0.2, 0) is 11.8 Å². The summed E-state index contributed by atoms with van der Waals surface area (Å²) in [6.45, 7) is 8.32. The molecule has 1 aliphatic rings. The number of nitrogens with one attached hydrogen (secondary N) is 1. The Morgan fingerprint density at radius 1 is 1.21 bits per heavy atom. The highest BCUT2D eigenvalue weighted by molar-refractivity contribution is 5.91. The zero-order valence-corrected chi connectivity index (χ0v) is 20.6. The summed E-state index contributed by atoms with van der Waals surface area (Å²) >= 11 is 0. The zero-order chi connectivity index (χ0) is 23.9. The van der Waals surface area contributed by atoms with Crippen LogP contribution in [0.5, 0.6) is 0 Å². The molecule has 0 bridgehead atoms. The summed E-state index contributed by atoms with van der Waals surface area (Å²) in [7, 11) is 5.57. The number of hydrogen-bond acceptors (Lipinski definition) is 4. The van der Waals surface area contributed by atoms with E-state index < -0.39 is 0 Å². The van der Waals surface area contributed by atoms with Gasteiger partial charge in [0.05, 0.1) is 12.2 Å². The van der Waals surface area contributed by atoms with Gasteiger partial charge in [-0.05, 0) is 75.0 Å². The number of H-pyrrole nitrogens is 1. The van der Waals surface area contributed by atoms with Gasteiger partial charge in [-0.1, -0.05) is 19.9 Å². The van der Waals surface area contributed by atoms with Gasteiger partial charge >= 0.3 is 0 Å². The quantitative estimate of drug-likeness (QED) is 0.646. The molecule has 1 saturated heterocycles. The maximum absolute atomic E-state index is 12.4. The maximum atomic E-state index is 12.4. The van der Waals surface area contributed by atoms with Crippen molar-refractivity contribution < 1.29 is 4.79 Å². The zero-order valence-electron chi connectivity index (χ0n) is 20.6. The van der Waals surface area contributed by atoms with E-state index in [9.17, 15) is 9.59 Å². The number of aromatic amines is 1. The summed E-state index contributed by atoms with van der Waals surface area (Å²) in [5.41, 5.74) is 6.05. The first-order valence-electron chi connectivity index (χ1n) is 11.8. The van der Waals surface area contributed by atoms with Crippen molar-refractivity contribution >= 4 is 16.8 Å².